The first-order chi connectivity index (χ1) is 16.8. The van der Waals surface area contributed by atoms with Gasteiger partial charge in [0.1, 0.15) is 23.7 Å². The number of nitrogens with zero attached hydrogens (tertiary/aromatic N) is 6. The lowest BCUT2D eigenvalue weighted by Gasteiger charge is -2.27. The number of aryl methyl sites for hydroxylation is 2. The zero-order valence-electron chi connectivity index (χ0n) is 20.3. The molecule has 11 heteroatoms. The largest absolute Gasteiger partial charge is 0.489 e. The van der Waals surface area contributed by atoms with Crippen LogP contribution in [0.4, 0.5) is 0 Å². The minimum atomic E-state index is -0.759. The summed E-state index contributed by atoms with van der Waals surface area (Å²) in [4.78, 5) is 24.4. The van der Waals surface area contributed by atoms with Crippen LogP contribution < -0.4 is 14.2 Å². The molecule has 0 bridgehead atoms. The molecule has 0 saturated heterocycles. The van der Waals surface area contributed by atoms with E-state index >= 15 is 0 Å². The topological polar surface area (TPSA) is 134 Å². The molecule has 0 spiro atoms. The van der Waals surface area contributed by atoms with Crippen molar-refractivity contribution in [2.24, 2.45) is 13.0 Å². The molecule has 1 fully saturated rings. The van der Waals surface area contributed by atoms with E-state index in [2.05, 4.69) is 25.3 Å². The molecule has 3 heterocycles. The molecule has 35 heavy (non-hydrogen) atoms. The fourth-order valence-corrected chi connectivity index (χ4v) is 4.03. The second-order valence-corrected chi connectivity index (χ2v) is 8.86. The highest BCUT2D eigenvalue weighted by Gasteiger charge is 2.28. The average molecular weight is 483 g/mol. The van der Waals surface area contributed by atoms with Crippen LogP contribution in [-0.4, -0.2) is 53.2 Å². The molecule has 4 rings (SSSR count). The van der Waals surface area contributed by atoms with Crippen molar-refractivity contribution >= 4 is 5.97 Å². The Labute approximate surface area is 203 Å². The Bertz CT molecular complexity index is 1180. The number of aliphatic carboxylic acids is 1. The smallest absolute Gasteiger partial charge is 0.320 e. The summed E-state index contributed by atoms with van der Waals surface area (Å²) in [7, 11) is 1.78. The average Bonchev–Trinajstić information content (AvgIpc) is 3.19. The summed E-state index contributed by atoms with van der Waals surface area (Å²) in [5.74, 6) is -0.0359. The van der Waals surface area contributed by atoms with Crippen LogP contribution in [0.2, 0.25) is 0 Å². The van der Waals surface area contributed by atoms with Crippen LogP contribution >= 0.6 is 0 Å². The molecule has 0 amide bonds. The van der Waals surface area contributed by atoms with E-state index in [1.54, 1.807) is 24.0 Å². The third kappa shape index (κ3) is 6.03. The van der Waals surface area contributed by atoms with Crippen LogP contribution in [0.3, 0.4) is 0 Å². The molecular formula is C24H30N6O5. The summed E-state index contributed by atoms with van der Waals surface area (Å²) >= 11 is 0. The van der Waals surface area contributed by atoms with E-state index in [4.69, 9.17) is 14.2 Å². The maximum absolute atomic E-state index is 11.4. The van der Waals surface area contributed by atoms with Gasteiger partial charge in [0, 0.05) is 19.3 Å². The van der Waals surface area contributed by atoms with Crippen molar-refractivity contribution in [1.29, 1.82) is 0 Å². The Kier molecular flexibility index (Phi) is 7.42. The van der Waals surface area contributed by atoms with Gasteiger partial charge in [0.05, 0.1) is 29.5 Å². The van der Waals surface area contributed by atoms with Crippen LogP contribution in [-0.2, 0) is 18.4 Å². The van der Waals surface area contributed by atoms with Gasteiger partial charge in [0.25, 0.3) is 0 Å². The summed E-state index contributed by atoms with van der Waals surface area (Å²) in [6.07, 6.45) is 4.32. The van der Waals surface area contributed by atoms with Crippen LogP contribution in [0, 0.1) is 12.8 Å². The van der Waals surface area contributed by atoms with Gasteiger partial charge in [-0.05, 0) is 58.6 Å². The predicted octanol–water partition coefficient (Wildman–Crippen LogP) is 3.36. The van der Waals surface area contributed by atoms with Gasteiger partial charge in [-0.1, -0.05) is 5.21 Å². The Morgan fingerprint density at radius 3 is 2.80 bits per heavy atom. The van der Waals surface area contributed by atoms with Gasteiger partial charge in [-0.15, -0.1) is 5.10 Å². The van der Waals surface area contributed by atoms with E-state index in [-0.39, 0.29) is 30.7 Å². The van der Waals surface area contributed by atoms with Crippen molar-refractivity contribution in [3.05, 3.63) is 35.8 Å². The van der Waals surface area contributed by atoms with Gasteiger partial charge in [0.2, 0.25) is 5.88 Å². The zero-order chi connectivity index (χ0) is 24.9. The maximum Gasteiger partial charge on any atom is 0.320 e. The fourth-order valence-electron chi connectivity index (χ4n) is 4.03. The van der Waals surface area contributed by atoms with E-state index in [1.165, 1.54) is 0 Å². The van der Waals surface area contributed by atoms with Crippen LogP contribution in [0.1, 0.15) is 50.9 Å². The molecule has 0 unspecified atom stereocenters. The molecule has 1 aliphatic carbocycles. The number of carbonyl (C=O) groups is 1. The highest BCUT2D eigenvalue weighted by atomic mass is 16.5. The maximum atomic E-state index is 11.4. The lowest BCUT2D eigenvalue weighted by atomic mass is 9.87. The molecule has 186 valence electrons. The summed E-state index contributed by atoms with van der Waals surface area (Å²) in [6, 6.07) is 5.53. The number of aromatic nitrogens is 6. The number of pyridine rings is 1. The van der Waals surface area contributed by atoms with Gasteiger partial charge in [-0.25, -0.2) is 14.6 Å². The number of rotatable bonds is 9. The molecule has 0 radical (unpaired) electrons. The molecule has 1 saturated carbocycles. The molecule has 1 N–H and O–H groups in total. The Balaban J connectivity index is 1.46. The fraction of sp³-hybridized carbons (Fsp3) is 0.500. The Hall–Kier alpha value is -3.76. The molecule has 3 aromatic rings. The SMILES string of the molecule is Cc1nc(-c2nnn(C)c2COc2nccc(OC(C)C)n2)ccc1O[C@H]1CCC[C@@H](C(=O)O)C1. The Morgan fingerprint density at radius 2 is 2.06 bits per heavy atom. The number of carboxylic acid groups (broad SMARTS) is 1. The normalized spacial score (nSPS) is 17.9. The summed E-state index contributed by atoms with van der Waals surface area (Å²) in [5.41, 5.74) is 2.62. The lowest BCUT2D eigenvalue weighted by Crippen LogP contribution is -2.29. The van der Waals surface area contributed by atoms with Gasteiger partial charge in [-0.3, -0.25) is 4.79 Å². The third-order valence-corrected chi connectivity index (χ3v) is 5.79. The Morgan fingerprint density at radius 1 is 1.23 bits per heavy atom. The highest BCUT2D eigenvalue weighted by Crippen LogP contribution is 2.30. The van der Waals surface area contributed by atoms with Gasteiger partial charge < -0.3 is 19.3 Å². The van der Waals surface area contributed by atoms with Crippen molar-refractivity contribution in [2.45, 2.75) is 65.3 Å². The number of ether oxygens (including phenoxy) is 3. The first-order valence-electron chi connectivity index (χ1n) is 11.7. The molecular weight excluding hydrogens is 452 g/mol. The molecule has 1 aliphatic rings. The van der Waals surface area contributed by atoms with Crippen LogP contribution in [0.25, 0.3) is 11.4 Å². The molecule has 11 nitrogen and oxygen atoms in total. The van der Waals surface area contributed by atoms with Crippen molar-refractivity contribution in [3.8, 4) is 29.0 Å². The number of hydrogen-bond acceptors (Lipinski definition) is 9. The minimum Gasteiger partial charge on any atom is -0.489 e. The molecule has 0 aliphatic heterocycles. The van der Waals surface area contributed by atoms with Crippen molar-refractivity contribution in [3.63, 3.8) is 0 Å². The number of carboxylic acids is 1. The highest BCUT2D eigenvalue weighted by molar-refractivity contribution is 5.70. The second kappa shape index (κ2) is 10.7. The zero-order valence-corrected chi connectivity index (χ0v) is 20.3. The van der Waals surface area contributed by atoms with E-state index < -0.39 is 5.97 Å². The van der Waals surface area contributed by atoms with Gasteiger partial charge in [-0.2, -0.15) is 4.98 Å². The van der Waals surface area contributed by atoms with E-state index in [1.807, 2.05) is 32.9 Å². The first kappa shape index (κ1) is 24.4. The van der Waals surface area contributed by atoms with Crippen molar-refractivity contribution < 1.29 is 24.1 Å². The molecule has 0 aromatic carbocycles. The van der Waals surface area contributed by atoms with Crippen molar-refractivity contribution in [2.75, 3.05) is 0 Å². The van der Waals surface area contributed by atoms with Crippen LogP contribution in [0.15, 0.2) is 24.4 Å². The quantitative estimate of drug-likeness (QED) is 0.484. The molecule has 2 atom stereocenters. The monoisotopic (exact) mass is 482 g/mol. The predicted molar refractivity (Wildman–Crippen MR) is 125 cm³/mol. The summed E-state index contributed by atoms with van der Waals surface area (Å²) < 4.78 is 19.1. The number of hydrogen-bond donors (Lipinski definition) is 1. The first-order valence-corrected chi connectivity index (χ1v) is 11.7. The third-order valence-electron chi connectivity index (χ3n) is 5.79. The van der Waals surface area contributed by atoms with E-state index in [0.29, 0.717) is 47.2 Å². The standard InChI is InChI=1S/C24H30N6O5/c1-14(2)34-21-10-11-25-24(27-21)33-13-19-22(28-29-30(19)4)18-8-9-20(15(3)26-18)35-17-7-5-6-16(12-17)23(31)32/h8-11,14,16-17H,5-7,12-13H2,1-4H3,(H,31,32)/t16-,17+/m1/s1. The lowest BCUT2D eigenvalue weighted by molar-refractivity contribution is -0.143. The minimum absolute atomic E-state index is 0.0106. The van der Waals surface area contributed by atoms with E-state index in [0.717, 1.165) is 12.8 Å². The summed E-state index contributed by atoms with van der Waals surface area (Å²) in [5, 5.41) is 17.7. The van der Waals surface area contributed by atoms with Crippen molar-refractivity contribution in [1.82, 2.24) is 29.9 Å². The molecule has 3 aromatic heterocycles. The van der Waals surface area contributed by atoms with E-state index in [9.17, 15) is 9.90 Å². The van der Waals surface area contributed by atoms with Gasteiger partial charge >= 0.3 is 12.0 Å². The van der Waals surface area contributed by atoms with Crippen LogP contribution in [0.5, 0.6) is 17.6 Å². The summed E-state index contributed by atoms with van der Waals surface area (Å²) in [6.45, 7) is 5.84. The second-order valence-electron chi connectivity index (χ2n) is 8.86. The van der Waals surface area contributed by atoms with Gasteiger partial charge in [0.15, 0.2) is 0 Å².